The Morgan fingerprint density at radius 3 is 2.14 bits per heavy atom. The SMILES string of the molecule is NS(=O)(=O)c1ccc(C2CCN(c3ccncc3)CC2)cc1. The van der Waals surface area contributed by atoms with Crippen molar-refractivity contribution in [2.75, 3.05) is 18.0 Å². The number of piperidine rings is 1. The van der Waals surface area contributed by atoms with E-state index < -0.39 is 10.0 Å². The van der Waals surface area contributed by atoms with Crippen molar-refractivity contribution in [2.24, 2.45) is 5.14 Å². The number of hydrogen-bond donors (Lipinski definition) is 1. The fourth-order valence-corrected chi connectivity index (χ4v) is 3.47. The zero-order valence-electron chi connectivity index (χ0n) is 12.2. The molecule has 0 amide bonds. The lowest BCUT2D eigenvalue weighted by Crippen LogP contribution is -2.32. The number of nitrogens with zero attached hydrogens (tertiary/aromatic N) is 2. The molecule has 1 saturated heterocycles. The van der Waals surface area contributed by atoms with Crippen molar-refractivity contribution in [1.82, 2.24) is 4.98 Å². The Balaban J connectivity index is 1.66. The van der Waals surface area contributed by atoms with Gasteiger partial charge in [0.1, 0.15) is 0 Å². The number of sulfonamides is 1. The van der Waals surface area contributed by atoms with Gasteiger partial charge < -0.3 is 4.90 Å². The molecule has 3 rings (SSSR count). The van der Waals surface area contributed by atoms with Crippen LogP contribution in [0.25, 0.3) is 0 Å². The number of aromatic nitrogens is 1. The number of primary sulfonamides is 1. The van der Waals surface area contributed by atoms with E-state index in [1.54, 1.807) is 12.1 Å². The van der Waals surface area contributed by atoms with E-state index in [4.69, 9.17) is 5.14 Å². The summed E-state index contributed by atoms with van der Waals surface area (Å²) in [6.45, 7) is 1.98. The van der Waals surface area contributed by atoms with E-state index in [2.05, 4.69) is 9.88 Å². The molecule has 1 aromatic carbocycles. The van der Waals surface area contributed by atoms with Gasteiger partial charge in [-0.2, -0.15) is 0 Å². The van der Waals surface area contributed by atoms with Gasteiger partial charge in [0.05, 0.1) is 4.90 Å². The molecule has 22 heavy (non-hydrogen) atoms. The molecule has 1 aliphatic heterocycles. The van der Waals surface area contributed by atoms with Crippen LogP contribution in [0.15, 0.2) is 53.7 Å². The molecular formula is C16H19N3O2S. The zero-order valence-corrected chi connectivity index (χ0v) is 13.0. The van der Waals surface area contributed by atoms with E-state index in [1.165, 1.54) is 11.3 Å². The highest BCUT2D eigenvalue weighted by Gasteiger charge is 2.21. The molecule has 0 spiro atoms. The van der Waals surface area contributed by atoms with E-state index in [0.29, 0.717) is 5.92 Å². The minimum atomic E-state index is -3.61. The molecule has 2 heterocycles. The predicted octanol–water partition coefficient (Wildman–Crippen LogP) is 2.11. The van der Waals surface area contributed by atoms with Gasteiger partial charge in [0, 0.05) is 31.2 Å². The number of anilines is 1. The van der Waals surface area contributed by atoms with E-state index in [0.717, 1.165) is 25.9 Å². The lowest BCUT2D eigenvalue weighted by Gasteiger charge is -2.33. The van der Waals surface area contributed by atoms with Crippen molar-refractivity contribution in [2.45, 2.75) is 23.7 Å². The summed E-state index contributed by atoms with van der Waals surface area (Å²) < 4.78 is 22.6. The Labute approximate surface area is 130 Å². The summed E-state index contributed by atoms with van der Waals surface area (Å²) in [7, 11) is -3.61. The third-order valence-corrected chi connectivity index (χ3v) is 5.13. The molecule has 0 atom stereocenters. The quantitative estimate of drug-likeness (QED) is 0.940. The van der Waals surface area contributed by atoms with Gasteiger partial charge in [-0.1, -0.05) is 12.1 Å². The molecule has 1 fully saturated rings. The molecule has 0 radical (unpaired) electrons. The second-order valence-corrected chi connectivity index (χ2v) is 7.14. The third kappa shape index (κ3) is 3.28. The van der Waals surface area contributed by atoms with Crippen LogP contribution in [0.3, 0.4) is 0 Å². The van der Waals surface area contributed by atoms with Crippen LogP contribution in [-0.2, 0) is 10.0 Å². The lowest BCUT2D eigenvalue weighted by atomic mass is 9.89. The minimum absolute atomic E-state index is 0.172. The minimum Gasteiger partial charge on any atom is -0.371 e. The van der Waals surface area contributed by atoms with Gasteiger partial charge in [-0.05, 0) is 48.6 Å². The topological polar surface area (TPSA) is 76.3 Å². The molecule has 5 nitrogen and oxygen atoms in total. The number of benzene rings is 1. The smallest absolute Gasteiger partial charge is 0.238 e. The van der Waals surface area contributed by atoms with Gasteiger partial charge in [0.25, 0.3) is 0 Å². The third-order valence-electron chi connectivity index (χ3n) is 4.20. The zero-order chi connectivity index (χ0) is 15.6. The molecule has 1 aromatic heterocycles. The first-order chi connectivity index (χ1) is 10.5. The van der Waals surface area contributed by atoms with Crippen LogP contribution in [0.4, 0.5) is 5.69 Å². The van der Waals surface area contributed by atoms with Gasteiger partial charge in [0.15, 0.2) is 0 Å². The monoisotopic (exact) mass is 317 g/mol. The van der Waals surface area contributed by atoms with E-state index in [9.17, 15) is 8.42 Å². The van der Waals surface area contributed by atoms with Crippen LogP contribution in [0, 0.1) is 0 Å². The summed E-state index contributed by atoms with van der Waals surface area (Å²) in [4.78, 5) is 6.57. The maximum Gasteiger partial charge on any atom is 0.238 e. The van der Waals surface area contributed by atoms with Gasteiger partial charge in [-0.3, -0.25) is 4.98 Å². The van der Waals surface area contributed by atoms with Gasteiger partial charge in [-0.15, -0.1) is 0 Å². The van der Waals surface area contributed by atoms with Gasteiger partial charge >= 0.3 is 0 Å². The van der Waals surface area contributed by atoms with Crippen LogP contribution in [0.5, 0.6) is 0 Å². The second kappa shape index (κ2) is 6.06. The van der Waals surface area contributed by atoms with Crippen molar-refractivity contribution in [3.63, 3.8) is 0 Å². The fraction of sp³-hybridized carbons (Fsp3) is 0.312. The number of rotatable bonds is 3. The Kier molecular flexibility index (Phi) is 4.13. The highest BCUT2D eigenvalue weighted by Crippen LogP contribution is 2.30. The largest absolute Gasteiger partial charge is 0.371 e. The summed E-state index contributed by atoms with van der Waals surface area (Å²) in [6.07, 6.45) is 5.73. The average molecular weight is 317 g/mol. The number of pyridine rings is 1. The van der Waals surface area contributed by atoms with Crippen molar-refractivity contribution in [1.29, 1.82) is 0 Å². The maximum atomic E-state index is 11.3. The predicted molar refractivity (Wildman–Crippen MR) is 86.2 cm³/mol. The summed E-state index contributed by atoms with van der Waals surface area (Å²) in [5, 5.41) is 5.13. The molecule has 0 bridgehead atoms. The molecular weight excluding hydrogens is 298 g/mol. The molecule has 6 heteroatoms. The summed E-state index contributed by atoms with van der Waals surface area (Å²) >= 11 is 0. The number of hydrogen-bond acceptors (Lipinski definition) is 4. The standard InChI is InChI=1S/C16H19N3O2S/c17-22(20,21)16-3-1-13(2-4-16)14-7-11-19(12-8-14)15-5-9-18-10-6-15/h1-6,9-10,14H,7-8,11-12H2,(H2,17,20,21). The summed E-state index contributed by atoms with van der Waals surface area (Å²) in [6, 6.07) is 11.0. The van der Waals surface area contributed by atoms with Crippen molar-refractivity contribution < 1.29 is 8.42 Å². The van der Waals surface area contributed by atoms with Crippen LogP contribution in [0.2, 0.25) is 0 Å². The first-order valence-electron chi connectivity index (χ1n) is 7.32. The fourth-order valence-electron chi connectivity index (χ4n) is 2.96. The Hall–Kier alpha value is -1.92. The van der Waals surface area contributed by atoms with Crippen LogP contribution < -0.4 is 10.0 Å². The highest BCUT2D eigenvalue weighted by molar-refractivity contribution is 7.89. The van der Waals surface area contributed by atoms with Crippen molar-refractivity contribution in [3.05, 3.63) is 54.4 Å². The average Bonchev–Trinajstić information content (AvgIpc) is 2.55. The van der Waals surface area contributed by atoms with E-state index in [-0.39, 0.29) is 4.90 Å². The molecule has 116 valence electrons. The molecule has 1 aliphatic rings. The first kappa shape index (κ1) is 15.0. The Morgan fingerprint density at radius 1 is 1.00 bits per heavy atom. The van der Waals surface area contributed by atoms with E-state index in [1.807, 2.05) is 36.7 Å². The first-order valence-corrected chi connectivity index (χ1v) is 8.86. The molecule has 0 aliphatic carbocycles. The Bertz CT molecular complexity index is 722. The normalized spacial score (nSPS) is 16.7. The molecule has 2 N–H and O–H groups in total. The molecule has 2 aromatic rings. The Morgan fingerprint density at radius 2 is 1.59 bits per heavy atom. The highest BCUT2D eigenvalue weighted by atomic mass is 32.2. The van der Waals surface area contributed by atoms with Crippen molar-refractivity contribution >= 4 is 15.7 Å². The van der Waals surface area contributed by atoms with E-state index >= 15 is 0 Å². The maximum absolute atomic E-state index is 11.3. The van der Waals surface area contributed by atoms with Gasteiger partial charge in [-0.25, -0.2) is 13.6 Å². The number of nitrogens with two attached hydrogens (primary N) is 1. The molecule has 0 saturated carbocycles. The van der Waals surface area contributed by atoms with Gasteiger partial charge in [0.2, 0.25) is 10.0 Å². The van der Waals surface area contributed by atoms with Crippen molar-refractivity contribution in [3.8, 4) is 0 Å². The lowest BCUT2D eigenvalue weighted by molar-refractivity contribution is 0.505. The van der Waals surface area contributed by atoms with Crippen LogP contribution in [0.1, 0.15) is 24.3 Å². The second-order valence-electron chi connectivity index (χ2n) is 5.58. The van der Waals surface area contributed by atoms with Crippen LogP contribution in [-0.4, -0.2) is 26.5 Å². The molecule has 0 unspecified atom stereocenters. The van der Waals surface area contributed by atoms with Crippen LogP contribution >= 0.6 is 0 Å². The summed E-state index contributed by atoms with van der Waals surface area (Å²) in [5.41, 5.74) is 2.39. The summed E-state index contributed by atoms with van der Waals surface area (Å²) in [5.74, 6) is 0.465.